The van der Waals surface area contributed by atoms with Crippen LogP contribution in [-0.2, 0) is 0 Å². The molecule has 1 aliphatic heterocycles. The Morgan fingerprint density at radius 3 is 3.13 bits per heavy atom. The van der Waals surface area contributed by atoms with Crippen LogP contribution < -0.4 is 10.2 Å². The molecule has 0 aliphatic carbocycles. The first kappa shape index (κ1) is 10.8. The van der Waals surface area contributed by atoms with E-state index < -0.39 is 0 Å². The molecule has 0 bridgehead atoms. The lowest BCUT2D eigenvalue weighted by atomic mass is 10.1. The summed E-state index contributed by atoms with van der Waals surface area (Å²) in [7, 11) is 2.02. The zero-order valence-electron chi connectivity index (χ0n) is 9.04. The third kappa shape index (κ3) is 2.64. The Bertz CT molecular complexity index is 327. The molecule has 0 amide bonds. The van der Waals surface area contributed by atoms with Crippen LogP contribution in [0.5, 0.6) is 0 Å². The molecule has 1 aromatic carbocycles. The SMILES string of the molecule is CNCC1CCN(c2cccc(Cl)c2)C1. The molecule has 0 aromatic heterocycles. The highest BCUT2D eigenvalue weighted by Gasteiger charge is 2.21. The van der Waals surface area contributed by atoms with E-state index >= 15 is 0 Å². The van der Waals surface area contributed by atoms with Crippen molar-refractivity contribution in [2.24, 2.45) is 5.92 Å². The van der Waals surface area contributed by atoms with E-state index in [2.05, 4.69) is 16.3 Å². The maximum atomic E-state index is 5.98. The van der Waals surface area contributed by atoms with E-state index in [-0.39, 0.29) is 0 Å². The lowest BCUT2D eigenvalue weighted by Gasteiger charge is -2.18. The number of rotatable bonds is 3. The van der Waals surface area contributed by atoms with E-state index in [1.54, 1.807) is 0 Å². The van der Waals surface area contributed by atoms with Crippen LogP contribution >= 0.6 is 11.6 Å². The smallest absolute Gasteiger partial charge is 0.0426 e. The Hall–Kier alpha value is -0.730. The van der Waals surface area contributed by atoms with Crippen LogP contribution in [0.4, 0.5) is 5.69 Å². The Labute approximate surface area is 96.2 Å². The van der Waals surface area contributed by atoms with Crippen molar-refractivity contribution < 1.29 is 0 Å². The van der Waals surface area contributed by atoms with Gasteiger partial charge in [0.05, 0.1) is 0 Å². The normalized spacial score (nSPS) is 20.9. The van der Waals surface area contributed by atoms with Crippen molar-refractivity contribution in [1.82, 2.24) is 5.32 Å². The molecule has 1 heterocycles. The second-order valence-electron chi connectivity index (χ2n) is 4.14. The summed E-state index contributed by atoms with van der Waals surface area (Å²) in [5, 5.41) is 4.06. The zero-order valence-corrected chi connectivity index (χ0v) is 9.80. The molecule has 0 spiro atoms. The third-order valence-electron chi connectivity index (χ3n) is 2.95. The Balaban J connectivity index is 2.01. The first-order valence-corrected chi connectivity index (χ1v) is 5.82. The maximum absolute atomic E-state index is 5.98. The Morgan fingerprint density at radius 1 is 1.53 bits per heavy atom. The van der Waals surface area contributed by atoms with Gasteiger partial charge in [-0.05, 0) is 44.1 Å². The molecule has 1 aromatic rings. The van der Waals surface area contributed by atoms with Crippen LogP contribution in [0.1, 0.15) is 6.42 Å². The summed E-state index contributed by atoms with van der Waals surface area (Å²) in [5.41, 5.74) is 1.25. The van der Waals surface area contributed by atoms with Gasteiger partial charge in [0.15, 0.2) is 0 Å². The Kier molecular flexibility index (Phi) is 3.49. The highest BCUT2D eigenvalue weighted by molar-refractivity contribution is 6.30. The van der Waals surface area contributed by atoms with E-state index in [9.17, 15) is 0 Å². The van der Waals surface area contributed by atoms with Gasteiger partial charge in [0, 0.05) is 23.8 Å². The summed E-state index contributed by atoms with van der Waals surface area (Å²) in [5.74, 6) is 0.772. The van der Waals surface area contributed by atoms with Gasteiger partial charge in [-0.3, -0.25) is 0 Å². The largest absolute Gasteiger partial charge is 0.371 e. The number of benzene rings is 1. The van der Waals surface area contributed by atoms with Gasteiger partial charge in [0.1, 0.15) is 0 Å². The monoisotopic (exact) mass is 224 g/mol. The van der Waals surface area contributed by atoms with Gasteiger partial charge < -0.3 is 10.2 Å². The van der Waals surface area contributed by atoms with Gasteiger partial charge in [-0.25, -0.2) is 0 Å². The van der Waals surface area contributed by atoms with Crippen molar-refractivity contribution in [3.8, 4) is 0 Å². The predicted octanol–water partition coefficient (Wildman–Crippen LogP) is 2.39. The van der Waals surface area contributed by atoms with Crippen LogP contribution in [0.15, 0.2) is 24.3 Å². The summed E-state index contributed by atoms with van der Waals surface area (Å²) < 4.78 is 0. The number of anilines is 1. The summed E-state index contributed by atoms with van der Waals surface area (Å²) in [6.07, 6.45) is 1.27. The zero-order chi connectivity index (χ0) is 10.7. The van der Waals surface area contributed by atoms with E-state index in [0.29, 0.717) is 0 Å². The standard InChI is InChI=1S/C12H17ClN2/c1-14-8-10-5-6-15(9-10)12-4-2-3-11(13)7-12/h2-4,7,10,14H,5-6,8-9H2,1H3. The van der Waals surface area contributed by atoms with Crippen molar-refractivity contribution in [3.05, 3.63) is 29.3 Å². The minimum absolute atomic E-state index is 0.772. The van der Waals surface area contributed by atoms with Crippen LogP contribution in [0.25, 0.3) is 0 Å². The second kappa shape index (κ2) is 4.86. The molecular weight excluding hydrogens is 208 g/mol. The molecule has 1 aliphatic rings. The van der Waals surface area contributed by atoms with Gasteiger partial charge in [0.2, 0.25) is 0 Å². The van der Waals surface area contributed by atoms with Gasteiger partial charge >= 0.3 is 0 Å². The van der Waals surface area contributed by atoms with Crippen LogP contribution in [0, 0.1) is 5.92 Å². The first-order valence-electron chi connectivity index (χ1n) is 5.44. The van der Waals surface area contributed by atoms with Gasteiger partial charge in [0.25, 0.3) is 0 Å². The number of hydrogen-bond donors (Lipinski definition) is 1. The molecule has 15 heavy (non-hydrogen) atoms. The second-order valence-corrected chi connectivity index (χ2v) is 4.57. The van der Waals surface area contributed by atoms with Crippen molar-refractivity contribution >= 4 is 17.3 Å². The van der Waals surface area contributed by atoms with Crippen molar-refractivity contribution in [3.63, 3.8) is 0 Å². The van der Waals surface area contributed by atoms with Crippen LogP contribution in [0.2, 0.25) is 5.02 Å². The molecule has 1 unspecified atom stereocenters. The molecule has 3 heteroatoms. The quantitative estimate of drug-likeness (QED) is 0.848. The molecule has 0 saturated carbocycles. The molecule has 1 fully saturated rings. The third-order valence-corrected chi connectivity index (χ3v) is 3.19. The highest BCUT2D eigenvalue weighted by Crippen LogP contribution is 2.25. The van der Waals surface area contributed by atoms with Crippen molar-refractivity contribution in [1.29, 1.82) is 0 Å². The molecule has 1 saturated heterocycles. The first-order chi connectivity index (χ1) is 7.29. The molecular formula is C12H17ClN2. The number of halogens is 1. The number of nitrogens with zero attached hydrogens (tertiary/aromatic N) is 1. The minimum atomic E-state index is 0.772. The van der Waals surface area contributed by atoms with Gasteiger partial charge in [-0.15, -0.1) is 0 Å². The molecule has 1 N–H and O–H groups in total. The summed E-state index contributed by atoms with van der Waals surface area (Å²) in [4.78, 5) is 2.41. The van der Waals surface area contributed by atoms with Gasteiger partial charge in [-0.1, -0.05) is 17.7 Å². The molecule has 2 nitrogen and oxygen atoms in total. The van der Waals surface area contributed by atoms with E-state index in [1.165, 1.54) is 12.1 Å². The molecule has 82 valence electrons. The number of hydrogen-bond acceptors (Lipinski definition) is 2. The van der Waals surface area contributed by atoms with Crippen molar-refractivity contribution in [2.75, 3.05) is 31.6 Å². The van der Waals surface area contributed by atoms with E-state index in [0.717, 1.165) is 30.6 Å². The summed E-state index contributed by atoms with van der Waals surface area (Å²) in [6, 6.07) is 8.12. The molecule has 2 rings (SSSR count). The topological polar surface area (TPSA) is 15.3 Å². The fraction of sp³-hybridized carbons (Fsp3) is 0.500. The van der Waals surface area contributed by atoms with Crippen LogP contribution in [-0.4, -0.2) is 26.7 Å². The fourth-order valence-corrected chi connectivity index (χ4v) is 2.38. The average Bonchev–Trinajstić information content (AvgIpc) is 2.67. The fourth-order valence-electron chi connectivity index (χ4n) is 2.20. The van der Waals surface area contributed by atoms with Crippen LogP contribution in [0.3, 0.4) is 0 Å². The Morgan fingerprint density at radius 2 is 2.40 bits per heavy atom. The van der Waals surface area contributed by atoms with E-state index in [1.807, 2.05) is 25.2 Å². The summed E-state index contributed by atoms with van der Waals surface area (Å²) in [6.45, 7) is 3.39. The summed E-state index contributed by atoms with van der Waals surface area (Å²) >= 11 is 5.98. The van der Waals surface area contributed by atoms with E-state index in [4.69, 9.17) is 11.6 Å². The van der Waals surface area contributed by atoms with Gasteiger partial charge in [-0.2, -0.15) is 0 Å². The molecule has 0 radical (unpaired) electrons. The maximum Gasteiger partial charge on any atom is 0.0426 e. The van der Waals surface area contributed by atoms with Crippen molar-refractivity contribution in [2.45, 2.75) is 6.42 Å². The lowest BCUT2D eigenvalue weighted by Crippen LogP contribution is -2.24. The number of nitrogens with one attached hydrogen (secondary N) is 1. The average molecular weight is 225 g/mol. The predicted molar refractivity (Wildman–Crippen MR) is 65.7 cm³/mol. The lowest BCUT2D eigenvalue weighted by molar-refractivity contribution is 0.549. The molecule has 1 atom stereocenters. The highest BCUT2D eigenvalue weighted by atomic mass is 35.5. The minimum Gasteiger partial charge on any atom is -0.371 e.